The summed E-state index contributed by atoms with van der Waals surface area (Å²) in [7, 11) is 0. The van der Waals surface area contributed by atoms with Crippen molar-refractivity contribution in [1.29, 1.82) is 0 Å². The van der Waals surface area contributed by atoms with Gasteiger partial charge in [-0.3, -0.25) is 14.3 Å². The molecule has 1 fully saturated rings. The Morgan fingerprint density at radius 3 is 3.00 bits per heavy atom. The molecule has 3 atom stereocenters. The van der Waals surface area contributed by atoms with Crippen LogP contribution in [-0.4, -0.2) is 44.6 Å². The highest BCUT2D eigenvalue weighted by Gasteiger charge is 2.48. The fraction of sp³-hybridized carbons (Fsp3) is 0.636. The molecule has 1 saturated heterocycles. The molecule has 10 nitrogen and oxygen atoms in total. The molecule has 1 aromatic heterocycles. The third kappa shape index (κ3) is 2.69. The molecule has 114 valence electrons. The molecule has 1 aromatic rings. The summed E-state index contributed by atoms with van der Waals surface area (Å²) in [6.45, 7) is 0.689. The van der Waals surface area contributed by atoms with Crippen LogP contribution in [0.4, 0.5) is 0 Å². The minimum absolute atomic E-state index is 0.0207. The van der Waals surface area contributed by atoms with E-state index >= 15 is 0 Å². The summed E-state index contributed by atoms with van der Waals surface area (Å²) in [6.07, 6.45) is -0.645. The van der Waals surface area contributed by atoms with Crippen LogP contribution in [0.25, 0.3) is 10.4 Å². The number of hydrogen-bond donors (Lipinski definition) is 3. The van der Waals surface area contributed by atoms with Gasteiger partial charge in [0.2, 0.25) is 0 Å². The summed E-state index contributed by atoms with van der Waals surface area (Å²) in [5, 5.41) is 22.8. The van der Waals surface area contributed by atoms with E-state index in [0.717, 1.165) is 4.57 Å². The van der Waals surface area contributed by atoms with Crippen LogP contribution >= 0.6 is 0 Å². The first-order chi connectivity index (χ1) is 9.93. The van der Waals surface area contributed by atoms with E-state index in [1.165, 1.54) is 13.1 Å². The van der Waals surface area contributed by atoms with E-state index in [0.29, 0.717) is 5.56 Å². The molecular formula is C11H15N5O5. The van der Waals surface area contributed by atoms with Gasteiger partial charge in [-0.1, -0.05) is 5.11 Å². The zero-order chi connectivity index (χ0) is 15.6. The van der Waals surface area contributed by atoms with Crippen molar-refractivity contribution < 1.29 is 14.9 Å². The van der Waals surface area contributed by atoms with Gasteiger partial charge in [-0.15, -0.1) is 0 Å². The van der Waals surface area contributed by atoms with Crippen molar-refractivity contribution in [3.05, 3.63) is 43.0 Å². The van der Waals surface area contributed by atoms with Crippen LogP contribution in [0.3, 0.4) is 0 Å². The van der Waals surface area contributed by atoms with Gasteiger partial charge in [0.05, 0.1) is 19.3 Å². The molecule has 1 aliphatic heterocycles. The molecule has 2 heterocycles. The molecule has 10 heteroatoms. The Hall–Kier alpha value is -2.13. The first-order valence-electron chi connectivity index (χ1n) is 6.23. The van der Waals surface area contributed by atoms with Gasteiger partial charge in [0, 0.05) is 23.1 Å². The third-order valence-electron chi connectivity index (χ3n) is 3.53. The number of aliphatic hydroxyl groups is 2. The topological polar surface area (TPSA) is 153 Å². The van der Waals surface area contributed by atoms with Gasteiger partial charge >= 0.3 is 5.69 Å². The lowest BCUT2D eigenvalue weighted by Gasteiger charge is -2.28. The molecule has 0 amide bonds. The summed E-state index contributed by atoms with van der Waals surface area (Å²) in [4.78, 5) is 27.8. The Bertz CT molecular complexity index is 691. The SMILES string of the molecule is Cc1cn([C@H]2C[C@H](O)[C@@](CO)(CN=[N+]=[N-])O2)c(=O)[nH]c1=O. The maximum Gasteiger partial charge on any atom is 0.330 e. The van der Waals surface area contributed by atoms with Gasteiger partial charge in [-0.25, -0.2) is 4.79 Å². The average molecular weight is 297 g/mol. The third-order valence-corrected chi connectivity index (χ3v) is 3.53. The maximum atomic E-state index is 11.8. The molecule has 0 aromatic carbocycles. The number of H-pyrrole nitrogens is 1. The van der Waals surface area contributed by atoms with Gasteiger partial charge in [-0.2, -0.15) is 0 Å². The number of rotatable bonds is 4. The fourth-order valence-electron chi connectivity index (χ4n) is 2.26. The highest BCUT2D eigenvalue weighted by atomic mass is 16.6. The van der Waals surface area contributed by atoms with Crippen molar-refractivity contribution in [2.24, 2.45) is 5.11 Å². The molecule has 1 aliphatic rings. The monoisotopic (exact) mass is 297 g/mol. The lowest BCUT2D eigenvalue weighted by molar-refractivity contribution is -0.122. The second-order valence-electron chi connectivity index (χ2n) is 4.91. The summed E-state index contributed by atoms with van der Waals surface area (Å²) in [5.41, 5.74) is 6.03. The number of nitrogens with zero attached hydrogens (tertiary/aromatic N) is 4. The maximum absolute atomic E-state index is 11.8. The summed E-state index contributed by atoms with van der Waals surface area (Å²) < 4.78 is 6.68. The van der Waals surface area contributed by atoms with Crippen LogP contribution in [0.5, 0.6) is 0 Å². The Kier molecular flexibility index (Phi) is 4.14. The predicted molar refractivity (Wildman–Crippen MR) is 70.6 cm³/mol. The Balaban J connectivity index is 2.36. The minimum Gasteiger partial charge on any atom is -0.393 e. The fourth-order valence-corrected chi connectivity index (χ4v) is 2.26. The second kappa shape index (κ2) is 5.70. The van der Waals surface area contributed by atoms with Crippen molar-refractivity contribution >= 4 is 0 Å². The standard InChI is InChI=1S/C11H15N5O5/c1-6-3-16(10(20)14-9(6)19)8-2-7(18)11(5-17,21-8)4-13-15-12/h3,7-8,17-18H,2,4-5H2,1H3,(H,14,19,20)/t7-,8+,11-/m0/s1. The smallest absolute Gasteiger partial charge is 0.330 e. The van der Waals surface area contributed by atoms with Crippen LogP contribution in [0.2, 0.25) is 0 Å². The largest absolute Gasteiger partial charge is 0.393 e. The van der Waals surface area contributed by atoms with Crippen molar-refractivity contribution in [3.63, 3.8) is 0 Å². The molecule has 0 spiro atoms. The zero-order valence-corrected chi connectivity index (χ0v) is 11.3. The second-order valence-corrected chi connectivity index (χ2v) is 4.91. The minimum atomic E-state index is -1.46. The molecule has 0 radical (unpaired) electrons. The normalized spacial score (nSPS) is 28.3. The van der Waals surface area contributed by atoms with Crippen LogP contribution in [0.1, 0.15) is 18.2 Å². The van der Waals surface area contributed by atoms with E-state index in [1.807, 2.05) is 0 Å². The number of aryl methyl sites for hydroxylation is 1. The van der Waals surface area contributed by atoms with Gasteiger partial charge in [0.1, 0.15) is 11.8 Å². The van der Waals surface area contributed by atoms with E-state index in [2.05, 4.69) is 15.0 Å². The van der Waals surface area contributed by atoms with Crippen molar-refractivity contribution in [2.45, 2.75) is 31.3 Å². The summed E-state index contributed by atoms with van der Waals surface area (Å²) >= 11 is 0. The molecule has 0 unspecified atom stereocenters. The molecule has 2 rings (SSSR count). The summed E-state index contributed by atoms with van der Waals surface area (Å²) in [5.74, 6) is 0. The molecule has 21 heavy (non-hydrogen) atoms. The quantitative estimate of drug-likeness (QED) is 0.376. The molecular weight excluding hydrogens is 282 g/mol. The van der Waals surface area contributed by atoms with E-state index < -0.39 is 35.8 Å². The van der Waals surface area contributed by atoms with E-state index in [-0.39, 0.29) is 13.0 Å². The van der Waals surface area contributed by atoms with Crippen LogP contribution in [0.15, 0.2) is 20.9 Å². The molecule has 0 bridgehead atoms. The van der Waals surface area contributed by atoms with Crippen molar-refractivity contribution in [1.82, 2.24) is 9.55 Å². The molecule has 0 saturated carbocycles. The number of hydrogen-bond acceptors (Lipinski definition) is 6. The van der Waals surface area contributed by atoms with Crippen molar-refractivity contribution in [3.8, 4) is 0 Å². The lowest BCUT2D eigenvalue weighted by Crippen LogP contribution is -2.46. The Labute approximate surface area is 118 Å². The number of azide groups is 1. The van der Waals surface area contributed by atoms with Gasteiger partial charge in [-0.05, 0) is 12.5 Å². The summed E-state index contributed by atoms with van der Waals surface area (Å²) in [6, 6.07) is 0. The van der Waals surface area contributed by atoms with Gasteiger partial charge in [0.15, 0.2) is 0 Å². The Morgan fingerprint density at radius 1 is 1.67 bits per heavy atom. The highest BCUT2D eigenvalue weighted by Crippen LogP contribution is 2.36. The number of aliphatic hydroxyl groups excluding tert-OH is 2. The molecule has 3 N–H and O–H groups in total. The number of ether oxygens (including phenoxy) is 1. The highest BCUT2D eigenvalue weighted by molar-refractivity contribution is 5.04. The van der Waals surface area contributed by atoms with Crippen LogP contribution in [0, 0.1) is 6.92 Å². The van der Waals surface area contributed by atoms with E-state index in [9.17, 15) is 19.8 Å². The number of aromatic nitrogens is 2. The van der Waals surface area contributed by atoms with Crippen LogP contribution < -0.4 is 11.2 Å². The first-order valence-corrected chi connectivity index (χ1v) is 6.23. The zero-order valence-electron chi connectivity index (χ0n) is 11.3. The number of nitrogens with one attached hydrogen (secondary N) is 1. The van der Waals surface area contributed by atoms with Crippen molar-refractivity contribution in [2.75, 3.05) is 13.2 Å². The van der Waals surface area contributed by atoms with Gasteiger partial charge in [0.25, 0.3) is 5.56 Å². The van der Waals surface area contributed by atoms with E-state index in [4.69, 9.17) is 10.3 Å². The number of aromatic amines is 1. The van der Waals surface area contributed by atoms with Gasteiger partial charge < -0.3 is 14.9 Å². The lowest BCUT2D eigenvalue weighted by atomic mass is 9.98. The van der Waals surface area contributed by atoms with E-state index in [1.54, 1.807) is 0 Å². The first kappa shape index (κ1) is 15.3. The Morgan fingerprint density at radius 2 is 2.38 bits per heavy atom. The average Bonchev–Trinajstić information content (AvgIpc) is 2.78. The predicted octanol–water partition coefficient (Wildman–Crippen LogP) is -0.834. The molecule has 0 aliphatic carbocycles. The van der Waals surface area contributed by atoms with Crippen LogP contribution in [-0.2, 0) is 4.74 Å².